The second kappa shape index (κ2) is 9.60. The predicted molar refractivity (Wildman–Crippen MR) is 95.2 cm³/mol. The highest BCUT2D eigenvalue weighted by Crippen LogP contribution is 2.22. The smallest absolute Gasteiger partial charge is 0.0900 e. The van der Waals surface area contributed by atoms with Gasteiger partial charge in [0.25, 0.3) is 0 Å². The molecule has 0 aromatic heterocycles. The Balaban J connectivity index is 0.00000264. The number of hydrogen-bond donors (Lipinski definition) is 1. The maximum absolute atomic E-state index is 10.3. The molecule has 1 aliphatic rings. The van der Waals surface area contributed by atoms with Gasteiger partial charge >= 0.3 is 0 Å². The molecule has 0 spiro atoms. The van der Waals surface area contributed by atoms with Crippen molar-refractivity contribution in [3.05, 3.63) is 35.9 Å². The Kier molecular flexibility index (Phi) is 8.51. The van der Waals surface area contributed by atoms with Crippen molar-refractivity contribution in [3.8, 4) is 0 Å². The summed E-state index contributed by atoms with van der Waals surface area (Å²) in [5.74, 6) is 0. The number of hydrogen-bond acceptors (Lipinski definition) is 4. The molecular formula is C18H30ClNO3. The van der Waals surface area contributed by atoms with Gasteiger partial charge in [-0.2, -0.15) is 0 Å². The first-order chi connectivity index (χ1) is 10.5. The Labute approximate surface area is 146 Å². The summed E-state index contributed by atoms with van der Waals surface area (Å²) in [6.07, 6.45) is 0.475. The number of ether oxygens (including phenoxy) is 2. The minimum Gasteiger partial charge on any atom is -0.389 e. The largest absolute Gasteiger partial charge is 0.389 e. The summed E-state index contributed by atoms with van der Waals surface area (Å²) in [5.41, 5.74) is 1.15. The number of aliphatic hydroxyl groups excluding tert-OH is 1. The van der Waals surface area contributed by atoms with Crippen molar-refractivity contribution in [2.24, 2.45) is 0 Å². The van der Waals surface area contributed by atoms with Crippen LogP contribution in [-0.4, -0.2) is 54.6 Å². The number of benzene rings is 1. The summed E-state index contributed by atoms with van der Waals surface area (Å²) in [4.78, 5) is 2.29. The molecule has 0 aliphatic carbocycles. The molecule has 0 amide bonds. The first-order valence-electron chi connectivity index (χ1n) is 8.20. The Morgan fingerprint density at radius 1 is 1.30 bits per heavy atom. The summed E-state index contributed by atoms with van der Waals surface area (Å²) in [5, 5.41) is 10.3. The zero-order chi connectivity index (χ0) is 16.0. The van der Waals surface area contributed by atoms with E-state index in [1.807, 2.05) is 18.2 Å². The molecule has 0 saturated carbocycles. The minimum absolute atomic E-state index is 0. The van der Waals surface area contributed by atoms with E-state index < -0.39 is 6.10 Å². The summed E-state index contributed by atoms with van der Waals surface area (Å²) in [7, 11) is 0. The second-order valence-corrected chi connectivity index (χ2v) is 6.61. The number of aliphatic hydroxyl groups is 1. The SMILES string of the molecule is CCC(OCC(O)CN1CCOCC1(C)C)c1ccccc1.Cl. The van der Waals surface area contributed by atoms with E-state index in [0.29, 0.717) is 19.8 Å². The molecule has 2 rings (SSSR count). The molecule has 1 fully saturated rings. The molecule has 23 heavy (non-hydrogen) atoms. The Morgan fingerprint density at radius 3 is 2.61 bits per heavy atom. The number of β-amino-alcohol motifs (C(OH)–C–C–N with tert-alkyl or cyclic N) is 1. The molecule has 0 radical (unpaired) electrons. The third-order valence-corrected chi connectivity index (χ3v) is 4.28. The quantitative estimate of drug-likeness (QED) is 0.826. The lowest BCUT2D eigenvalue weighted by Gasteiger charge is -2.43. The second-order valence-electron chi connectivity index (χ2n) is 6.61. The molecule has 1 N–H and O–H groups in total. The van der Waals surface area contributed by atoms with Gasteiger partial charge in [0.15, 0.2) is 0 Å². The van der Waals surface area contributed by atoms with Gasteiger partial charge in [-0.05, 0) is 25.8 Å². The van der Waals surface area contributed by atoms with Crippen molar-refractivity contribution in [1.29, 1.82) is 0 Å². The van der Waals surface area contributed by atoms with Gasteiger partial charge in [-0.1, -0.05) is 37.3 Å². The molecule has 1 aliphatic heterocycles. The van der Waals surface area contributed by atoms with Crippen molar-refractivity contribution in [3.63, 3.8) is 0 Å². The van der Waals surface area contributed by atoms with Crippen molar-refractivity contribution in [2.45, 2.75) is 44.9 Å². The van der Waals surface area contributed by atoms with Crippen molar-refractivity contribution in [1.82, 2.24) is 4.90 Å². The third kappa shape index (κ3) is 6.05. The molecule has 132 valence electrons. The van der Waals surface area contributed by atoms with Crippen LogP contribution in [0.25, 0.3) is 0 Å². The van der Waals surface area contributed by atoms with E-state index in [4.69, 9.17) is 9.47 Å². The van der Waals surface area contributed by atoms with Gasteiger partial charge < -0.3 is 14.6 Å². The minimum atomic E-state index is -0.477. The topological polar surface area (TPSA) is 41.9 Å². The first kappa shape index (κ1) is 20.4. The lowest BCUT2D eigenvalue weighted by Crippen LogP contribution is -2.55. The van der Waals surface area contributed by atoms with Crippen LogP contribution in [0.1, 0.15) is 38.9 Å². The molecule has 2 atom stereocenters. The Bertz CT molecular complexity index is 441. The lowest BCUT2D eigenvalue weighted by atomic mass is 10.0. The zero-order valence-corrected chi connectivity index (χ0v) is 15.2. The lowest BCUT2D eigenvalue weighted by molar-refractivity contribution is -0.0828. The number of halogens is 1. The molecule has 0 bridgehead atoms. The Hall–Kier alpha value is -0.650. The molecule has 1 aromatic carbocycles. The van der Waals surface area contributed by atoms with Crippen LogP contribution in [0.4, 0.5) is 0 Å². The van der Waals surface area contributed by atoms with Crippen LogP contribution < -0.4 is 0 Å². The van der Waals surface area contributed by atoms with Gasteiger partial charge in [-0.3, -0.25) is 4.90 Å². The van der Waals surface area contributed by atoms with Gasteiger partial charge in [0.05, 0.1) is 32.0 Å². The van der Waals surface area contributed by atoms with Crippen LogP contribution in [0.15, 0.2) is 30.3 Å². The highest BCUT2D eigenvalue weighted by atomic mass is 35.5. The summed E-state index contributed by atoms with van der Waals surface area (Å²) < 4.78 is 11.5. The van der Waals surface area contributed by atoms with Gasteiger partial charge in [0.1, 0.15) is 0 Å². The van der Waals surface area contributed by atoms with Gasteiger partial charge in [0, 0.05) is 18.6 Å². The maximum Gasteiger partial charge on any atom is 0.0900 e. The fourth-order valence-corrected chi connectivity index (χ4v) is 2.88. The maximum atomic E-state index is 10.3. The number of morpholine rings is 1. The van der Waals surface area contributed by atoms with Crippen LogP contribution >= 0.6 is 12.4 Å². The molecule has 2 unspecified atom stereocenters. The van der Waals surface area contributed by atoms with Crippen molar-refractivity contribution < 1.29 is 14.6 Å². The average Bonchev–Trinajstić information content (AvgIpc) is 2.51. The van der Waals surface area contributed by atoms with Crippen LogP contribution in [0.2, 0.25) is 0 Å². The van der Waals surface area contributed by atoms with Crippen molar-refractivity contribution >= 4 is 12.4 Å². The van der Waals surface area contributed by atoms with E-state index in [1.54, 1.807) is 0 Å². The highest BCUT2D eigenvalue weighted by molar-refractivity contribution is 5.85. The van der Waals surface area contributed by atoms with Gasteiger partial charge in [-0.25, -0.2) is 0 Å². The Morgan fingerprint density at radius 2 is 2.00 bits per heavy atom. The van der Waals surface area contributed by atoms with E-state index in [2.05, 4.69) is 37.8 Å². The fraction of sp³-hybridized carbons (Fsp3) is 0.667. The third-order valence-electron chi connectivity index (χ3n) is 4.28. The summed E-state index contributed by atoms with van der Waals surface area (Å²) >= 11 is 0. The van der Waals surface area contributed by atoms with E-state index in [0.717, 1.165) is 19.6 Å². The van der Waals surface area contributed by atoms with E-state index in [1.165, 1.54) is 5.56 Å². The number of nitrogens with zero attached hydrogens (tertiary/aromatic N) is 1. The van der Waals surface area contributed by atoms with E-state index >= 15 is 0 Å². The monoisotopic (exact) mass is 343 g/mol. The summed E-state index contributed by atoms with van der Waals surface area (Å²) in [6, 6.07) is 10.2. The molecule has 4 nitrogen and oxygen atoms in total. The van der Waals surface area contributed by atoms with Gasteiger partial charge in [-0.15, -0.1) is 12.4 Å². The van der Waals surface area contributed by atoms with Crippen LogP contribution in [0, 0.1) is 0 Å². The van der Waals surface area contributed by atoms with E-state index in [-0.39, 0.29) is 24.0 Å². The first-order valence-corrected chi connectivity index (χ1v) is 8.20. The fourth-order valence-electron chi connectivity index (χ4n) is 2.88. The highest BCUT2D eigenvalue weighted by Gasteiger charge is 2.31. The molecule has 5 heteroatoms. The molecule has 1 aromatic rings. The van der Waals surface area contributed by atoms with Crippen molar-refractivity contribution in [2.75, 3.05) is 32.9 Å². The van der Waals surface area contributed by atoms with E-state index in [9.17, 15) is 5.11 Å². The zero-order valence-electron chi connectivity index (χ0n) is 14.4. The van der Waals surface area contributed by atoms with Crippen LogP contribution in [0.5, 0.6) is 0 Å². The predicted octanol–water partition coefficient (Wildman–Crippen LogP) is 3.05. The van der Waals surface area contributed by atoms with Crippen LogP contribution in [0.3, 0.4) is 0 Å². The van der Waals surface area contributed by atoms with Gasteiger partial charge in [0.2, 0.25) is 0 Å². The average molecular weight is 344 g/mol. The molecular weight excluding hydrogens is 314 g/mol. The standard InChI is InChI=1S/C18H29NO3.ClH/c1-4-17(15-8-6-5-7-9-15)22-13-16(20)12-19-10-11-21-14-18(19,2)3;/h5-9,16-17,20H,4,10-14H2,1-3H3;1H. The van der Waals surface area contributed by atoms with Crippen LogP contribution in [-0.2, 0) is 9.47 Å². The number of rotatable bonds is 7. The summed E-state index contributed by atoms with van der Waals surface area (Å²) in [6.45, 7) is 9.70. The normalized spacial score (nSPS) is 20.5. The molecule has 1 heterocycles. The molecule has 1 saturated heterocycles.